The maximum atomic E-state index is 13.3. The summed E-state index contributed by atoms with van der Waals surface area (Å²) < 4.78 is 44.1. The van der Waals surface area contributed by atoms with E-state index in [0.29, 0.717) is 44.1 Å². The Labute approximate surface area is 168 Å². The van der Waals surface area contributed by atoms with Crippen LogP contribution >= 0.6 is 0 Å². The second-order valence-corrected chi connectivity index (χ2v) is 8.66. The summed E-state index contributed by atoms with van der Waals surface area (Å²) in [5, 5.41) is 11.3. The van der Waals surface area contributed by atoms with Crippen molar-refractivity contribution in [1.29, 1.82) is 0 Å². The minimum Gasteiger partial charge on any atom is -0.490 e. The van der Waals surface area contributed by atoms with Crippen LogP contribution in [0.1, 0.15) is 24.4 Å². The summed E-state index contributed by atoms with van der Waals surface area (Å²) in [7, 11) is -2.64. The molecule has 2 aliphatic heterocycles. The van der Waals surface area contributed by atoms with Crippen molar-refractivity contribution < 1.29 is 27.6 Å². The van der Waals surface area contributed by atoms with E-state index in [2.05, 4.69) is 0 Å². The highest BCUT2D eigenvalue weighted by molar-refractivity contribution is 7.89. The number of hydrogen-bond acceptors (Lipinski definition) is 7. The molecule has 0 saturated carbocycles. The van der Waals surface area contributed by atoms with Crippen molar-refractivity contribution in [2.45, 2.75) is 23.8 Å². The molecule has 0 amide bonds. The Balaban J connectivity index is 1.69. The highest BCUT2D eigenvalue weighted by atomic mass is 32.2. The van der Waals surface area contributed by atoms with Gasteiger partial charge in [0.15, 0.2) is 17.2 Å². The highest BCUT2D eigenvalue weighted by Crippen LogP contribution is 2.41. The molecule has 0 N–H and O–H groups in total. The zero-order valence-corrected chi connectivity index (χ0v) is 16.6. The molecule has 2 heterocycles. The quantitative estimate of drug-likeness (QED) is 0.540. The van der Waals surface area contributed by atoms with Crippen LogP contribution in [0.3, 0.4) is 0 Å². The Hall–Kier alpha value is -2.85. The average molecular weight is 420 g/mol. The van der Waals surface area contributed by atoms with Crippen LogP contribution in [0.25, 0.3) is 0 Å². The molecule has 2 aliphatic rings. The third-order valence-corrected chi connectivity index (χ3v) is 7.01. The van der Waals surface area contributed by atoms with E-state index in [1.165, 1.54) is 23.5 Å². The number of rotatable bonds is 5. The molecule has 0 spiro atoms. The molecule has 2 aromatic rings. The molecular formula is C19H20N2O7S. The average Bonchev–Trinajstić information content (AvgIpc) is 3.23. The van der Waals surface area contributed by atoms with Gasteiger partial charge in [-0.3, -0.25) is 10.1 Å². The van der Waals surface area contributed by atoms with E-state index in [1.54, 1.807) is 6.07 Å². The molecule has 1 fully saturated rings. The van der Waals surface area contributed by atoms with Crippen molar-refractivity contribution in [2.24, 2.45) is 0 Å². The van der Waals surface area contributed by atoms with E-state index < -0.39 is 14.9 Å². The van der Waals surface area contributed by atoms with Crippen LogP contribution < -0.4 is 14.2 Å². The van der Waals surface area contributed by atoms with Crippen LogP contribution in [0.4, 0.5) is 5.69 Å². The Morgan fingerprint density at radius 3 is 2.62 bits per heavy atom. The summed E-state index contributed by atoms with van der Waals surface area (Å²) in [6, 6.07) is 8.74. The SMILES string of the molecule is COc1ccc(S(=O)(=O)N2CCC[C@@H]2c2ccc3c(c2)OCCO3)cc1[N+](=O)[O-]. The zero-order chi connectivity index (χ0) is 20.6. The van der Waals surface area contributed by atoms with Gasteiger partial charge in [0.05, 0.1) is 23.0 Å². The summed E-state index contributed by atoms with van der Waals surface area (Å²) in [5.74, 6) is 1.25. The summed E-state index contributed by atoms with van der Waals surface area (Å²) >= 11 is 0. The molecule has 0 unspecified atom stereocenters. The fourth-order valence-electron chi connectivity index (χ4n) is 3.74. The van der Waals surface area contributed by atoms with Crippen LogP contribution in [0.2, 0.25) is 0 Å². The van der Waals surface area contributed by atoms with Gasteiger partial charge in [-0.1, -0.05) is 6.07 Å². The predicted octanol–water partition coefficient (Wildman–Crippen LogP) is 2.90. The number of nitrogens with zero attached hydrogens (tertiary/aromatic N) is 2. The summed E-state index contributed by atoms with van der Waals surface area (Å²) in [5.41, 5.74) is 0.419. The first-order chi connectivity index (χ1) is 13.9. The van der Waals surface area contributed by atoms with Gasteiger partial charge in [-0.15, -0.1) is 0 Å². The maximum absolute atomic E-state index is 13.3. The van der Waals surface area contributed by atoms with Crippen molar-refractivity contribution in [3.05, 3.63) is 52.1 Å². The fourth-order valence-corrected chi connectivity index (χ4v) is 5.44. The molecule has 0 bridgehead atoms. The van der Waals surface area contributed by atoms with Crippen LogP contribution in [-0.4, -0.2) is 44.5 Å². The van der Waals surface area contributed by atoms with Crippen LogP contribution in [0.5, 0.6) is 17.2 Å². The van der Waals surface area contributed by atoms with E-state index in [-0.39, 0.29) is 22.4 Å². The number of ether oxygens (including phenoxy) is 3. The topological polar surface area (TPSA) is 108 Å². The van der Waals surface area contributed by atoms with Gasteiger partial charge >= 0.3 is 5.69 Å². The molecule has 1 atom stereocenters. The largest absolute Gasteiger partial charge is 0.490 e. The molecular weight excluding hydrogens is 400 g/mol. The molecule has 0 aliphatic carbocycles. The fraction of sp³-hybridized carbons (Fsp3) is 0.368. The molecule has 29 heavy (non-hydrogen) atoms. The minimum absolute atomic E-state index is 0.0127. The van der Waals surface area contributed by atoms with Crippen molar-refractivity contribution in [1.82, 2.24) is 4.31 Å². The van der Waals surface area contributed by atoms with Gasteiger partial charge in [-0.05, 0) is 42.7 Å². The van der Waals surface area contributed by atoms with E-state index in [1.807, 2.05) is 12.1 Å². The van der Waals surface area contributed by atoms with E-state index in [4.69, 9.17) is 14.2 Å². The van der Waals surface area contributed by atoms with E-state index in [0.717, 1.165) is 11.6 Å². The maximum Gasteiger partial charge on any atom is 0.312 e. The van der Waals surface area contributed by atoms with Gasteiger partial charge in [0.2, 0.25) is 10.0 Å². The number of benzene rings is 2. The van der Waals surface area contributed by atoms with Crippen molar-refractivity contribution in [3.8, 4) is 17.2 Å². The lowest BCUT2D eigenvalue weighted by molar-refractivity contribution is -0.386. The highest BCUT2D eigenvalue weighted by Gasteiger charge is 2.37. The van der Waals surface area contributed by atoms with Crippen molar-refractivity contribution >= 4 is 15.7 Å². The zero-order valence-electron chi connectivity index (χ0n) is 15.7. The molecule has 2 aromatic carbocycles. The van der Waals surface area contributed by atoms with Gasteiger partial charge in [-0.25, -0.2) is 8.42 Å². The first-order valence-electron chi connectivity index (χ1n) is 9.15. The number of fused-ring (bicyclic) bond motifs is 1. The first-order valence-corrected chi connectivity index (χ1v) is 10.6. The molecule has 4 rings (SSSR count). The summed E-state index contributed by atoms with van der Waals surface area (Å²) in [6.07, 6.45) is 1.34. The van der Waals surface area contributed by atoms with Gasteiger partial charge in [0.1, 0.15) is 13.2 Å². The first kappa shape index (κ1) is 19.5. The van der Waals surface area contributed by atoms with Crippen molar-refractivity contribution in [2.75, 3.05) is 26.9 Å². The third kappa shape index (κ3) is 3.49. The second kappa shape index (κ2) is 7.53. The number of nitro benzene ring substituents is 1. The molecule has 0 radical (unpaired) electrons. The predicted molar refractivity (Wildman–Crippen MR) is 103 cm³/mol. The Morgan fingerprint density at radius 2 is 1.90 bits per heavy atom. The lowest BCUT2D eigenvalue weighted by Gasteiger charge is -2.26. The van der Waals surface area contributed by atoms with Crippen LogP contribution in [0, 0.1) is 10.1 Å². The monoisotopic (exact) mass is 420 g/mol. The summed E-state index contributed by atoms with van der Waals surface area (Å²) in [6.45, 7) is 1.26. The second-order valence-electron chi connectivity index (χ2n) is 6.77. The molecule has 10 heteroatoms. The summed E-state index contributed by atoms with van der Waals surface area (Å²) in [4.78, 5) is 10.5. The Bertz CT molecular complexity index is 1050. The number of hydrogen-bond donors (Lipinski definition) is 0. The van der Waals surface area contributed by atoms with Gasteiger partial charge in [0, 0.05) is 12.6 Å². The number of methoxy groups -OCH3 is 1. The lowest BCUT2D eigenvalue weighted by atomic mass is 10.0. The molecule has 9 nitrogen and oxygen atoms in total. The normalized spacial score (nSPS) is 19.1. The number of nitro groups is 1. The third-order valence-electron chi connectivity index (χ3n) is 5.11. The van der Waals surface area contributed by atoms with Gasteiger partial charge in [0.25, 0.3) is 0 Å². The van der Waals surface area contributed by atoms with E-state index in [9.17, 15) is 18.5 Å². The molecule has 0 aromatic heterocycles. The van der Waals surface area contributed by atoms with Crippen LogP contribution in [0.15, 0.2) is 41.3 Å². The van der Waals surface area contributed by atoms with Crippen LogP contribution in [-0.2, 0) is 10.0 Å². The number of sulfonamides is 1. The van der Waals surface area contributed by atoms with E-state index >= 15 is 0 Å². The smallest absolute Gasteiger partial charge is 0.312 e. The molecule has 154 valence electrons. The minimum atomic E-state index is -3.94. The van der Waals surface area contributed by atoms with Gasteiger partial charge < -0.3 is 14.2 Å². The standard InChI is InChI=1S/C19H20N2O7S/c1-26-17-7-5-14(12-16(17)21(22)23)29(24,25)20-8-2-3-15(20)13-4-6-18-19(11-13)28-10-9-27-18/h4-7,11-12,15H,2-3,8-10H2,1H3/t15-/m1/s1. The van der Waals surface area contributed by atoms with Gasteiger partial charge in [-0.2, -0.15) is 4.31 Å². The Morgan fingerprint density at radius 1 is 1.14 bits per heavy atom. The Kier molecular flexibility index (Phi) is 5.05. The van der Waals surface area contributed by atoms with Crippen molar-refractivity contribution in [3.63, 3.8) is 0 Å². The lowest BCUT2D eigenvalue weighted by Crippen LogP contribution is -2.30. The molecule has 1 saturated heterocycles.